The maximum absolute atomic E-state index is 11.4. The number of phenolic OH excluding ortho intramolecular Hbond substituents is 1. The van der Waals surface area contributed by atoms with Gasteiger partial charge in [0.1, 0.15) is 23.7 Å². The number of aliphatic hydroxyl groups excluding tert-OH is 1. The summed E-state index contributed by atoms with van der Waals surface area (Å²) >= 11 is 1.64. The van der Waals surface area contributed by atoms with Crippen LogP contribution in [0.2, 0.25) is 0 Å². The lowest BCUT2D eigenvalue weighted by Crippen LogP contribution is -2.21. The van der Waals surface area contributed by atoms with Crippen LogP contribution in [-0.4, -0.2) is 39.7 Å². The van der Waals surface area contributed by atoms with E-state index < -0.39 is 6.10 Å². The maximum atomic E-state index is 11.4. The van der Waals surface area contributed by atoms with Gasteiger partial charge in [-0.15, -0.1) is 0 Å². The molecule has 0 aliphatic heterocycles. The number of rotatable bonds is 7. The van der Waals surface area contributed by atoms with Crippen LogP contribution < -0.4 is 4.74 Å². The summed E-state index contributed by atoms with van der Waals surface area (Å²) in [5.74, 6) is 0.516. The third-order valence-corrected chi connectivity index (χ3v) is 3.65. The van der Waals surface area contributed by atoms with Gasteiger partial charge >= 0.3 is 0 Å². The standard InChI is InChI=1S/C14H20O4S/c1-9(2)19-8-11(16)7-18-13-6-4-5-12(17)14(13)10(3)15/h4-6,9,11,16-17H,7-8H2,1-3H3. The zero-order valence-electron chi connectivity index (χ0n) is 11.4. The number of carbonyl (C=O) groups is 1. The van der Waals surface area contributed by atoms with Gasteiger partial charge in [-0.3, -0.25) is 4.79 Å². The average Bonchev–Trinajstić information content (AvgIpc) is 2.33. The molecule has 0 aliphatic carbocycles. The van der Waals surface area contributed by atoms with Gasteiger partial charge in [0, 0.05) is 5.75 Å². The summed E-state index contributed by atoms with van der Waals surface area (Å²) in [6, 6.07) is 4.65. The minimum absolute atomic E-state index is 0.101. The predicted molar refractivity (Wildman–Crippen MR) is 77.2 cm³/mol. The molecule has 0 saturated heterocycles. The topological polar surface area (TPSA) is 66.8 Å². The van der Waals surface area contributed by atoms with E-state index in [9.17, 15) is 15.0 Å². The monoisotopic (exact) mass is 284 g/mol. The molecule has 0 bridgehead atoms. The number of ether oxygens (including phenoxy) is 1. The lowest BCUT2D eigenvalue weighted by Gasteiger charge is -2.15. The van der Waals surface area contributed by atoms with Crippen molar-refractivity contribution in [3.05, 3.63) is 23.8 Å². The van der Waals surface area contributed by atoms with Crippen molar-refractivity contribution < 1.29 is 19.7 Å². The first-order valence-electron chi connectivity index (χ1n) is 6.17. The van der Waals surface area contributed by atoms with E-state index in [1.165, 1.54) is 13.0 Å². The second kappa shape index (κ2) is 7.40. The van der Waals surface area contributed by atoms with Crippen molar-refractivity contribution in [2.45, 2.75) is 32.1 Å². The van der Waals surface area contributed by atoms with Gasteiger partial charge < -0.3 is 14.9 Å². The van der Waals surface area contributed by atoms with E-state index in [0.29, 0.717) is 16.8 Å². The molecule has 0 fully saturated rings. The van der Waals surface area contributed by atoms with Gasteiger partial charge in [0.15, 0.2) is 5.78 Å². The van der Waals surface area contributed by atoms with E-state index in [1.807, 2.05) is 0 Å². The van der Waals surface area contributed by atoms with Crippen LogP contribution >= 0.6 is 11.8 Å². The predicted octanol–water partition coefficient (Wildman–Crippen LogP) is 2.48. The Hall–Kier alpha value is -1.20. The number of hydrogen-bond donors (Lipinski definition) is 2. The minimum Gasteiger partial charge on any atom is -0.507 e. The highest BCUT2D eigenvalue weighted by molar-refractivity contribution is 7.99. The molecule has 1 rings (SSSR count). The molecule has 2 N–H and O–H groups in total. The molecule has 1 atom stereocenters. The van der Waals surface area contributed by atoms with Crippen LogP contribution in [-0.2, 0) is 0 Å². The molecule has 19 heavy (non-hydrogen) atoms. The summed E-state index contributed by atoms with van der Waals surface area (Å²) in [6.07, 6.45) is -0.602. The van der Waals surface area contributed by atoms with E-state index in [-0.39, 0.29) is 23.7 Å². The Morgan fingerprint density at radius 1 is 1.42 bits per heavy atom. The first-order valence-corrected chi connectivity index (χ1v) is 7.22. The van der Waals surface area contributed by atoms with Crippen LogP contribution in [0.25, 0.3) is 0 Å². The SMILES string of the molecule is CC(=O)c1c(O)cccc1OCC(O)CSC(C)C. The molecule has 1 aromatic carbocycles. The molecule has 106 valence electrons. The number of ketones is 1. The third-order valence-electron chi connectivity index (χ3n) is 2.41. The Morgan fingerprint density at radius 3 is 2.68 bits per heavy atom. The number of hydrogen-bond acceptors (Lipinski definition) is 5. The molecule has 0 spiro atoms. The number of aromatic hydroxyl groups is 1. The Kier molecular flexibility index (Phi) is 6.18. The van der Waals surface area contributed by atoms with E-state index in [0.717, 1.165) is 0 Å². The van der Waals surface area contributed by atoms with Crippen LogP contribution in [0.1, 0.15) is 31.1 Å². The highest BCUT2D eigenvalue weighted by Gasteiger charge is 2.15. The zero-order valence-corrected chi connectivity index (χ0v) is 12.2. The number of phenols is 1. The molecule has 5 heteroatoms. The van der Waals surface area contributed by atoms with Crippen LogP contribution in [0.5, 0.6) is 11.5 Å². The molecule has 0 radical (unpaired) electrons. The molecule has 0 aliphatic rings. The molecule has 0 heterocycles. The number of thioether (sulfide) groups is 1. The first kappa shape index (κ1) is 15.9. The summed E-state index contributed by atoms with van der Waals surface area (Å²) in [5, 5.41) is 19.8. The Morgan fingerprint density at radius 2 is 2.11 bits per heavy atom. The molecule has 0 amide bonds. The number of Topliss-reactive ketones (excluding diaryl/α,β-unsaturated/α-hetero) is 1. The summed E-state index contributed by atoms with van der Waals surface area (Å²) in [5.41, 5.74) is 0.159. The van der Waals surface area contributed by atoms with Gasteiger partial charge in [0.25, 0.3) is 0 Å². The summed E-state index contributed by atoms with van der Waals surface area (Å²) in [4.78, 5) is 11.4. The quantitative estimate of drug-likeness (QED) is 0.753. The molecular formula is C14H20O4S. The lowest BCUT2D eigenvalue weighted by molar-refractivity contribution is 0.0994. The number of aliphatic hydroxyl groups is 1. The maximum Gasteiger partial charge on any atom is 0.167 e. The second-order valence-corrected chi connectivity index (χ2v) is 6.16. The van der Waals surface area contributed by atoms with Crippen LogP contribution in [0, 0.1) is 0 Å². The molecule has 1 aromatic rings. The van der Waals surface area contributed by atoms with Crippen molar-refractivity contribution in [3.8, 4) is 11.5 Å². The lowest BCUT2D eigenvalue weighted by atomic mass is 10.1. The van der Waals surface area contributed by atoms with Gasteiger partial charge in [0.2, 0.25) is 0 Å². The summed E-state index contributed by atoms with van der Waals surface area (Å²) < 4.78 is 5.43. The largest absolute Gasteiger partial charge is 0.507 e. The third kappa shape index (κ3) is 5.12. The van der Waals surface area contributed by atoms with Gasteiger partial charge in [-0.25, -0.2) is 0 Å². The fourth-order valence-corrected chi connectivity index (χ4v) is 2.23. The van der Waals surface area contributed by atoms with Crippen molar-refractivity contribution in [3.63, 3.8) is 0 Å². The summed E-state index contributed by atoms with van der Waals surface area (Å²) in [6.45, 7) is 5.58. The van der Waals surface area contributed by atoms with Crippen molar-refractivity contribution in [1.82, 2.24) is 0 Å². The van der Waals surface area contributed by atoms with Crippen molar-refractivity contribution >= 4 is 17.5 Å². The van der Waals surface area contributed by atoms with Crippen molar-refractivity contribution in [2.75, 3.05) is 12.4 Å². The highest BCUT2D eigenvalue weighted by Crippen LogP contribution is 2.28. The van der Waals surface area contributed by atoms with Crippen molar-refractivity contribution in [1.29, 1.82) is 0 Å². The zero-order chi connectivity index (χ0) is 14.4. The second-order valence-electron chi connectivity index (χ2n) is 4.55. The Balaban J connectivity index is 2.63. The van der Waals surface area contributed by atoms with Crippen LogP contribution in [0.4, 0.5) is 0 Å². The van der Waals surface area contributed by atoms with Crippen LogP contribution in [0.3, 0.4) is 0 Å². The van der Waals surface area contributed by atoms with E-state index in [4.69, 9.17) is 4.74 Å². The first-order chi connectivity index (χ1) is 8.91. The van der Waals surface area contributed by atoms with Crippen LogP contribution in [0.15, 0.2) is 18.2 Å². The van der Waals surface area contributed by atoms with E-state index in [2.05, 4.69) is 13.8 Å². The molecule has 1 unspecified atom stereocenters. The average molecular weight is 284 g/mol. The molecule has 0 saturated carbocycles. The van der Waals surface area contributed by atoms with Crippen molar-refractivity contribution in [2.24, 2.45) is 0 Å². The van der Waals surface area contributed by atoms with Gasteiger partial charge in [-0.2, -0.15) is 11.8 Å². The van der Waals surface area contributed by atoms with Gasteiger partial charge in [-0.1, -0.05) is 19.9 Å². The minimum atomic E-state index is -0.602. The molecular weight excluding hydrogens is 264 g/mol. The summed E-state index contributed by atoms with van der Waals surface area (Å²) in [7, 11) is 0. The Labute approximate surface area is 117 Å². The normalized spacial score (nSPS) is 12.5. The Bertz CT molecular complexity index is 431. The highest BCUT2D eigenvalue weighted by atomic mass is 32.2. The number of benzene rings is 1. The fraction of sp³-hybridized carbons (Fsp3) is 0.500. The van der Waals surface area contributed by atoms with Gasteiger partial charge in [-0.05, 0) is 24.3 Å². The van der Waals surface area contributed by atoms with E-state index in [1.54, 1.807) is 23.9 Å². The van der Waals surface area contributed by atoms with E-state index >= 15 is 0 Å². The molecule has 4 nitrogen and oxygen atoms in total. The van der Waals surface area contributed by atoms with Gasteiger partial charge in [0.05, 0.1) is 6.10 Å². The smallest absolute Gasteiger partial charge is 0.167 e. The fourth-order valence-electron chi connectivity index (χ4n) is 1.53. The number of carbonyl (C=O) groups excluding carboxylic acids is 1. The molecule has 0 aromatic heterocycles.